The van der Waals surface area contributed by atoms with Crippen LogP contribution in [-0.4, -0.2) is 36.2 Å². The molecule has 0 amide bonds. The van der Waals surface area contributed by atoms with Gasteiger partial charge < -0.3 is 20.9 Å². The van der Waals surface area contributed by atoms with Crippen LogP contribution in [0.3, 0.4) is 0 Å². The van der Waals surface area contributed by atoms with Gasteiger partial charge in [-0.05, 0) is 23.8 Å². The summed E-state index contributed by atoms with van der Waals surface area (Å²) >= 11 is 3.78. The third-order valence-electron chi connectivity index (χ3n) is 4.10. The average molecular weight is 392 g/mol. The minimum atomic E-state index is 0.197. The zero-order chi connectivity index (χ0) is 16.9. The van der Waals surface area contributed by atoms with Crippen LogP contribution >= 0.6 is 15.9 Å². The minimum absolute atomic E-state index is 0.197. The fraction of sp³-hybridized carbons (Fsp3) is 0.333. The Balaban J connectivity index is 1.82. The zero-order valence-corrected chi connectivity index (χ0v) is 15.0. The number of hydrogen-bond acceptors (Lipinski definition) is 5. The highest BCUT2D eigenvalue weighted by Gasteiger charge is 2.21. The van der Waals surface area contributed by atoms with E-state index in [9.17, 15) is 0 Å². The number of alkyl halides is 1. The van der Waals surface area contributed by atoms with E-state index >= 15 is 0 Å². The van der Waals surface area contributed by atoms with Crippen molar-refractivity contribution in [2.75, 3.05) is 37.8 Å². The molecule has 5 nitrogen and oxygen atoms in total. The summed E-state index contributed by atoms with van der Waals surface area (Å²) in [7, 11) is 0. The van der Waals surface area contributed by atoms with E-state index < -0.39 is 0 Å². The molecule has 1 saturated heterocycles. The van der Waals surface area contributed by atoms with Gasteiger partial charge in [0.25, 0.3) is 0 Å². The van der Waals surface area contributed by atoms with E-state index in [4.69, 9.17) is 20.9 Å². The van der Waals surface area contributed by atoms with E-state index in [0.717, 1.165) is 44.0 Å². The number of hydrogen-bond donors (Lipinski definition) is 2. The molecule has 2 aromatic rings. The molecule has 3 rings (SSSR count). The summed E-state index contributed by atoms with van der Waals surface area (Å²) in [5.41, 5.74) is 14.2. The molecule has 1 heterocycles. The van der Waals surface area contributed by atoms with Gasteiger partial charge in [0.2, 0.25) is 0 Å². The molecule has 1 unspecified atom stereocenters. The summed E-state index contributed by atoms with van der Waals surface area (Å²) in [6.45, 7) is 3.35. The summed E-state index contributed by atoms with van der Waals surface area (Å²) in [6.07, 6.45) is 0.770. The maximum atomic E-state index is 6.19. The number of nitrogens with zero attached hydrogens (tertiary/aromatic N) is 1. The highest BCUT2D eigenvalue weighted by molar-refractivity contribution is 9.09. The number of halogens is 1. The molecule has 0 radical (unpaired) electrons. The molecule has 1 aliphatic rings. The SMILES string of the molecule is Nc1ccc(CC(Br)N2CCOCC2)c(Oc2ccccc2)c1N. The maximum Gasteiger partial charge on any atom is 0.155 e. The van der Waals surface area contributed by atoms with Crippen molar-refractivity contribution in [1.82, 2.24) is 4.90 Å². The summed E-state index contributed by atoms with van der Waals surface area (Å²) in [4.78, 5) is 2.55. The van der Waals surface area contributed by atoms with Crippen LogP contribution in [0.25, 0.3) is 0 Å². The molecule has 128 valence electrons. The molecule has 6 heteroatoms. The Labute approximate surface area is 150 Å². The van der Waals surface area contributed by atoms with Crippen LogP contribution in [0.5, 0.6) is 11.5 Å². The van der Waals surface area contributed by atoms with Crippen LogP contribution in [0.15, 0.2) is 42.5 Å². The van der Waals surface area contributed by atoms with Crippen LogP contribution in [0.1, 0.15) is 5.56 Å². The van der Waals surface area contributed by atoms with Crippen molar-refractivity contribution in [3.8, 4) is 11.5 Å². The zero-order valence-electron chi connectivity index (χ0n) is 13.5. The molecular weight excluding hydrogens is 370 g/mol. The number of nitrogens with two attached hydrogens (primary N) is 2. The van der Waals surface area contributed by atoms with Crippen molar-refractivity contribution in [3.05, 3.63) is 48.0 Å². The molecule has 2 aromatic carbocycles. The second kappa shape index (κ2) is 7.88. The summed E-state index contributed by atoms with van der Waals surface area (Å²) in [5, 5.41) is 0. The minimum Gasteiger partial charge on any atom is -0.455 e. The Morgan fingerprint density at radius 2 is 1.79 bits per heavy atom. The predicted molar refractivity (Wildman–Crippen MR) is 101 cm³/mol. The normalized spacial score (nSPS) is 16.7. The predicted octanol–water partition coefficient (Wildman–Crippen LogP) is 3.24. The van der Waals surface area contributed by atoms with E-state index in [1.165, 1.54) is 0 Å². The molecular formula is C18H22BrN3O2. The Morgan fingerprint density at radius 1 is 1.08 bits per heavy atom. The first-order valence-corrected chi connectivity index (χ1v) is 8.92. The second-order valence-electron chi connectivity index (χ2n) is 5.76. The topological polar surface area (TPSA) is 73.7 Å². The molecule has 1 fully saturated rings. The van der Waals surface area contributed by atoms with E-state index in [2.05, 4.69) is 20.8 Å². The lowest BCUT2D eigenvalue weighted by Crippen LogP contribution is -2.41. The van der Waals surface area contributed by atoms with Crippen LogP contribution in [0.4, 0.5) is 11.4 Å². The lowest BCUT2D eigenvalue weighted by Gasteiger charge is -2.31. The molecule has 1 aliphatic heterocycles. The molecule has 1 atom stereocenters. The van der Waals surface area contributed by atoms with Crippen molar-refractivity contribution >= 4 is 27.3 Å². The van der Waals surface area contributed by atoms with Crippen molar-refractivity contribution in [2.24, 2.45) is 0 Å². The van der Waals surface area contributed by atoms with Gasteiger partial charge in [0, 0.05) is 19.5 Å². The van der Waals surface area contributed by atoms with E-state index in [-0.39, 0.29) is 4.95 Å². The van der Waals surface area contributed by atoms with Gasteiger partial charge in [-0.3, -0.25) is 4.90 Å². The first-order chi connectivity index (χ1) is 11.6. The van der Waals surface area contributed by atoms with Crippen molar-refractivity contribution in [1.29, 1.82) is 0 Å². The number of benzene rings is 2. The van der Waals surface area contributed by atoms with E-state index in [1.54, 1.807) is 0 Å². The van der Waals surface area contributed by atoms with E-state index in [0.29, 0.717) is 17.1 Å². The third-order valence-corrected chi connectivity index (χ3v) is 5.01. The Bertz CT molecular complexity index is 675. The largest absolute Gasteiger partial charge is 0.455 e. The van der Waals surface area contributed by atoms with Crippen LogP contribution in [0.2, 0.25) is 0 Å². The highest BCUT2D eigenvalue weighted by Crippen LogP contribution is 2.37. The van der Waals surface area contributed by atoms with Crippen molar-refractivity contribution in [3.63, 3.8) is 0 Å². The number of rotatable bonds is 5. The van der Waals surface area contributed by atoms with Gasteiger partial charge >= 0.3 is 0 Å². The summed E-state index contributed by atoms with van der Waals surface area (Å²) in [5.74, 6) is 1.38. The standard InChI is InChI=1S/C18H22BrN3O2/c19-16(22-8-10-23-11-9-22)12-13-6-7-15(20)17(21)18(13)24-14-4-2-1-3-5-14/h1-7,16H,8-12,20-21H2. The molecule has 0 aromatic heterocycles. The van der Waals surface area contributed by atoms with Gasteiger partial charge in [-0.2, -0.15) is 0 Å². The third kappa shape index (κ3) is 4.01. The second-order valence-corrected chi connectivity index (χ2v) is 6.82. The van der Waals surface area contributed by atoms with Gasteiger partial charge in [-0.25, -0.2) is 0 Å². The lowest BCUT2D eigenvalue weighted by atomic mass is 10.1. The van der Waals surface area contributed by atoms with Gasteiger partial charge in [-0.15, -0.1) is 0 Å². The molecule has 0 saturated carbocycles. The first kappa shape index (κ1) is 17.1. The van der Waals surface area contributed by atoms with Gasteiger partial charge in [0.05, 0.1) is 29.5 Å². The Hall–Kier alpha value is -1.76. The molecule has 0 bridgehead atoms. The Morgan fingerprint density at radius 3 is 2.50 bits per heavy atom. The maximum absolute atomic E-state index is 6.19. The van der Waals surface area contributed by atoms with Gasteiger partial charge in [0.1, 0.15) is 5.75 Å². The molecule has 0 aliphatic carbocycles. The molecule has 24 heavy (non-hydrogen) atoms. The summed E-state index contributed by atoms with van der Waals surface area (Å²) < 4.78 is 11.5. The quantitative estimate of drug-likeness (QED) is 0.464. The number of anilines is 2. The Kier molecular flexibility index (Phi) is 5.60. The smallest absolute Gasteiger partial charge is 0.155 e. The monoisotopic (exact) mass is 391 g/mol. The van der Waals surface area contributed by atoms with Crippen LogP contribution in [-0.2, 0) is 11.2 Å². The lowest BCUT2D eigenvalue weighted by molar-refractivity contribution is 0.0337. The average Bonchev–Trinajstić information content (AvgIpc) is 2.63. The van der Waals surface area contributed by atoms with E-state index in [1.807, 2.05) is 42.5 Å². The number of para-hydroxylation sites is 1. The van der Waals surface area contributed by atoms with Crippen LogP contribution in [0, 0.1) is 0 Å². The highest BCUT2D eigenvalue weighted by atomic mass is 79.9. The van der Waals surface area contributed by atoms with Gasteiger partial charge in [-0.1, -0.05) is 40.2 Å². The van der Waals surface area contributed by atoms with Crippen LogP contribution < -0.4 is 16.2 Å². The number of nitrogen functional groups attached to an aromatic ring is 2. The fourth-order valence-corrected chi connectivity index (χ4v) is 3.47. The van der Waals surface area contributed by atoms with Gasteiger partial charge in [0.15, 0.2) is 5.75 Å². The summed E-state index contributed by atoms with van der Waals surface area (Å²) in [6, 6.07) is 13.4. The number of morpholine rings is 1. The molecule has 0 spiro atoms. The number of ether oxygens (including phenoxy) is 2. The first-order valence-electron chi connectivity index (χ1n) is 8.00. The van der Waals surface area contributed by atoms with Crippen molar-refractivity contribution in [2.45, 2.75) is 11.4 Å². The van der Waals surface area contributed by atoms with Crippen molar-refractivity contribution < 1.29 is 9.47 Å². The molecule has 4 N–H and O–H groups in total. The fourth-order valence-electron chi connectivity index (χ4n) is 2.72.